The van der Waals surface area contributed by atoms with Gasteiger partial charge in [-0.05, 0) is 52.0 Å². The Hall–Kier alpha value is -1.20. The van der Waals surface area contributed by atoms with Crippen molar-refractivity contribution in [3.8, 4) is 0 Å². The van der Waals surface area contributed by atoms with E-state index >= 15 is 0 Å². The summed E-state index contributed by atoms with van der Waals surface area (Å²) in [5, 5.41) is 6.57. The van der Waals surface area contributed by atoms with Crippen molar-refractivity contribution < 1.29 is 0 Å². The van der Waals surface area contributed by atoms with Crippen LogP contribution in [0.2, 0.25) is 0 Å². The van der Waals surface area contributed by atoms with Gasteiger partial charge in [-0.3, -0.25) is 0 Å². The molecular formula is C14H25N5. The van der Waals surface area contributed by atoms with Crippen molar-refractivity contribution in [2.45, 2.75) is 19.3 Å². The molecule has 2 rings (SSSR count). The zero-order chi connectivity index (χ0) is 13.5. The fourth-order valence-corrected chi connectivity index (χ4v) is 2.37. The first-order valence-corrected chi connectivity index (χ1v) is 7.17. The maximum atomic E-state index is 4.54. The van der Waals surface area contributed by atoms with Crippen LogP contribution in [0.25, 0.3) is 0 Å². The number of nitrogens with one attached hydrogen (secondary N) is 2. The first kappa shape index (κ1) is 14.2. The molecular weight excluding hydrogens is 238 g/mol. The zero-order valence-electron chi connectivity index (χ0n) is 12.0. The molecule has 0 saturated carbocycles. The highest BCUT2D eigenvalue weighted by atomic mass is 15.1. The monoisotopic (exact) mass is 263 g/mol. The van der Waals surface area contributed by atoms with Gasteiger partial charge >= 0.3 is 0 Å². The first-order chi connectivity index (χ1) is 9.28. The van der Waals surface area contributed by atoms with Crippen molar-refractivity contribution >= 4 is 5.82 Å². The van der Waals surface area contributed by atoms with E-state index in [1.807, 2.05) is 19.3 Å². The number of aromatic nitrogens is 2. The summed E-state index contributed by atoms with van der Waals surface area (Å²) in [4.78, 5) is 11.2. The lowest BCUT2D eigenvalue weighted by Crippen LogP contribution is -2.33. The maximum absolute atomic E-state index is 4.54. The molecule has 0 amide bonds. The molecule has 1 saturated heterocycles. The van der Waals surface area contributed by atoms with Crippen LogP contribution in [0, 0.1) is 5.92 Å². The van der Waals surface area contributed by atoms with Crippen LogP contribution in [0.15, 0.2) is 12.3 Å². The van der Waals surface area contributed by atoms with Crippen LogP contribution in [0.3, 0.4) is 0 Å². The van der Waals surface area contributed by atoms with E-state index in [0.717, 1.165) is 37.1 Å². The van der Waals surface area contributed by atoms with Gasteiger partial charge in [-0.25, -0.2) is 9.97 Å². The Morgan fingerprint density at radius 1 is 1.37 bits per heavy atom. The summed E-state index contributed by atoms with van der Waals surface area (Å²) in [5.41, 5.74) is 0. The van der Waals surface area contributed by atoms with Crippen LogP contribution >= 0.6 is 0 Å². The number of nitrogens with zero attached hydrogens (tertiary/aromatic N) is 3. The molecule has 2 heterocycles. The van der Waals surface area contributed by atoms with Gasteiger partial charge in [-0.1, -0.05) is 0 Å². The van der Waals surface area contributed by atoms with Crippen molar-refractivity contribution in [3.63, 3.8) is 0 Å². The van der Waals surface area contributed by atoms with Crippen LogP contribution in [-0.4, -0.2) is 55.1 Å². The first-order valence-electron chi connectivity index (χ1n) is 7.17. The van der Waals surface area contributed by atoms with Gasteiger partial charge in [-0.15, -0.1) is 0 Å². The van der Waals surface area contributed by atoms with E-state index in [-0.39, 0.29) is 0 Å². The largest absolute Gasteiger partial charge is 0.370 e. The Balaban J connectivity index is 1.78. The summed E-state index contributed by atoms with van der Waals surface area (Å²) in [6.45, 7) is 4.36. The lowest BCUT2D eigenvalue weighted by atomic mass is 9.97. The van der Waals surface area contributed by atoms with Crippen molar-refractivity contribution in [3.05, 3.63) is 18.1 Å². The fraction of sp³-hybridized carbons (Fsp3) is 0.714. The number of likely N-dealkylation sites (tertiary alicyclic amines) is 1. The van der Waals surface area contributed by atoms with Crippen molar-refractivity contribution in [2.75, 3.05) is 45.6 Å². The smallest absolute Gasteiger partial charge is 0.131 e. The summed E-state index contributed by atoms with van der Waals surface area (Å²) >= 11 is 0. The number of hydrogen-bond acceptors (Lipinski definition) is 5. The third kappa shape index (κ3) is 4.76. The molecule has 1 aromatic heterocycles. The number of likely N-dealkylation sites (N-methyl/N-ethyl adjacent to an activating group) is 1. The molecule has 0 bridgehead atoms. The van der Waals surface area contributed by atoms with Crippen molar-refractivity contribution in [2.24, 2.45) is 5.92 Å². The van der Waals surface area contributed by atoms with Crippen molar-refractivity contribution in [1.82, 2.24) is 20.2 Å². The van der Waals surface area contributed by atoms with Crippen LogP contribution < -0.4 is 10.6 Å². The molecule has 0 spiro atoms. The van der Waals surface area contributed by atoms with Gasteiger partial charge in [0.1, 0.15) is 11.6 Å². The van der Waals surface area contributed by atoms with Crippen LogP contribution in [0.1, 0.15) is 18.7 Å². The highest BCUT2D eigenvalue weighted by Crippen LogP contribution is 2.16. The Labute approximate surface area is 115 Å². The molecule has 2 N–H and O–H groups in total. The molecule has 0 aliphatic carbocycles. The van der Waals surface area contributed by atoms with Gasteiger partial charge in [0.15, 0.2) is 0 Å². The number of rotatable bonds is 6. The average molecular weight is 263 g/mol. The highest BCUT2D eigenvalue weighted by molar-refractivity contribution is 5.32. The van der Waals surface area contributed by atoms with E-state index in [4.69, 9.17) is 0 Å². The Morgan fingerprint density at radius 3 is 2.89 bits per heavy atom. The molecule has 0 atom stereocenters. The van der Waals surface area contributed by atoms with E-state index < -0.39 is 0 Å². The molecule has 5 heteroatoms. The molecule has 5 nitrogen and oxygen atoms in total. The van der Waals surface area contributed by atoms with Crippen molar-refractivity contribution in [1.29, 1.82) is 0 Å². The minimum Gasteiger partial charge on any atom is -0.370 e. The highest BCUT2D eigenvalue weighted by Gasteiger charge is 2.16. The number of piperidine rings is 1. The Bertz CT molecular complexity index is 374. The summed E-state index contributed by atoms with van der Waals surface area (Å²) in [6, 6.07) is 1.96. The zero-order valence-corrected chi connectivity index (χ0v) is 12.0. The predicted molar refractivity (Wildman–Crippen MR) is 78.4 cm³/mol. The molecule has 1 aromatic rings. The third-order valence-electron chi connectivity index (χ3n) is 3.71. The van der Waals surface area contributed by atoms with Gasteiger partial charge in [0.25, 0.3) is 0 Å². The molecule has 1 fully saturated rings. The molecule has 0 unspecified atom stereocenters. The molecule has 0 radical (unpaired) electrons. The predicted octanol–water partition coefficient (Wildman–Crippen LogP) is 0.992. The van der Waals surface area contributed by atoms with E-state index in [1.54, 1.807) is 0 Å². The van der Waals surface area contributed by atoms with Gasteiger partial charge in [0, 0.05) is 25.7 Å². The minimum atomic E-state index is 0.770. The molecule has 0 aromatic carbocycles. The van der Waals surface area contributed by atoms with Gasteiger partial charge in [-0.2, -0.15) is 0 Å². The van der Waals surface area contributed by atoms with E-state index in [1.165, 1.54) is 25.9 Å². The van der Waals surface area contributed by atoms with E-state index in [2.05, 4.69) is 32.5 Å². The summed E-state index contributed by atoms with van der Waals surface area (Å²) in [5.74, 6) is 2.63. The van der Waals surface area contributed by atoms with E-state index in [9.17, 15) is 0 Å². The number of anilines is 1. The van der Waals surface area contributed by atoms with Gasteiger partial charge in [0.2, 0.25) is 0 Å². The molecule has 1 aliphatic rings. The van der Waals surface area contributed by atoms with Gasteiger partial charge in [0.05, 0.1) is 0 Å². The van der Waals surface area contributed by atoms with Crippen LogP contribution in [-0.2, 0) is 6.42 Å². The maximum Gasteiger partial charge on any atom is 0.131 e. The second-order valence-electron chi connectivity index (χ2n) is 5.34. The standard InChI is InChI=1S/C14H25N5/c1-15-7-3-13-16-8-4-14(18-13)17-11-12-5-9-19(2)10-6-12/h4,8,12,15H,3,5-7,9-11H2,1-2H3,(H,16,17,18). The lowest BCUT2D eigenvalue weighted by Gasteiger charge is -2.29. The quantitative estimate of drug-likeness (QED) is 0.802. The summed E-state index contributed by atoms with van der Waals surface area (Å²) in [6.07, 6.45) is 5.28. The summed E-state index contributed by atoms with van der Waals surface area (Å²) < 4.78 is 0. The third-order valence-corrected chi connectivity index (χ3v) is 3.71. The average Bonchev–Trinajstić information content (AvgIpc) is 2.45. The molecule has 19 heavy (non-hydrogen) atoms. The fourth-order valence-electron chi connectivity index (χ4n) is 2.37. The Morgan fingerprint density at radius 2 is 2.16 bits per heavy atom. The van der Waals surface area contributed by atoms with E-state index in [0.29, 0.717) is 0 Å². The number of hydrogen-bond donors (Lipinski definition) is 2. The summed E-state index contributed by atoms with van der Waals surface area (Å²) in [7, 11) is 4.14. The minimum absolute atomic E-state index is 0.770. The second kappa shape index (κ2) is 7.40. The van der Waals surface area contributed by atoms with Crippen LogP contribution in [0.4, 0.5) is 5.82 Å². The molecule has 1 aliphatic heterocycles. The lowest BCUT2D eigenvalue weighted by molar-refractivity contribution is 0.226. The SMILES string of the molecule is CNCCc1nccc(NCC2CCN(C)CC2)n1. The van der Waals surface area contributed by atoms with Crippen LogP contribution in [0.5, 0.6) is 0 Å². The molecule has 106 valence electrons. The van der Waals surface area contributed by atoms with Gasteiger partial charge < -0.3 is 15.5 Å². The normalized spacial score (nSPS) is 17.6. The topological polar surface area (TPSA) is 53.1 Å². The second-order valence-corrected chi connectivity index (χ2v) is 5.34. The Kier molecular flexibility index (Phi) is 5.54.